The Morgan fingerprint density at radius 3 is 2.73 bits per heavy atom. The van der Waals surface area contributed by atoms with Gasteiger partial charge in [0.1, 0.15) is 0 Å². The van der Waals surface area contributed by atoms with Crippen LogP contribution in [-0.4, -0.2) is 28.3 Å². The molecule has 2 rings (SSSR count). The van der Waals surface area contributed by atoms with E-state index in [1.807, 2.05) is 36.5 Å². The summed E-state index contributed by atoms with van der Waals surface area (Å²) >= 11 is 0. The largest absolute Gasteiger partial charge is 0.352 e. The minimum absolute atomic E-state index is 0.0263. The third-order valence-electron chi connectivity index (χ3n) is 3.63. The molecule has 0 saturated heterocycles. The van der Waals surface area contributed by atoms with E-state index >= 15 is 0 Å². The number of carbonyl (C=O) groups is 1. The van der Waals surface area contributed by atoms with Gasteiger partial charge < -0.3 is 11.1 Å². The van der Waals surface area contributed by atoms with Crippen molar-refractivity contribution in [3.8, 4) is 5.69 Å². The number of nitrogens with two attached hydrogens (primary N) is 1. The Kier molecular flexibility index (Phi) is 6.15. The van der Waals surface area contributed by atoms with Gasteiger partial charge >= 0.3 is 0 Å². The standard InChI is InChI=1S/C17H24N4O/c1-2-3-5-15(13-18)20-17(22)12-14-6-8-16(9-7-14)21-11-4-10-19-21/h4,6-11,15H,2-3,5,12-13,18H2,1H3,(H,20,22). The second kappa shape index (κ2) is 8.34. The molecule has 3 N–H and O–H groups in total. The molecule has 1 atom stereocenters. The highest BCUT2D eigenvalue weighted by molar-refractivity contribution is 5.78. The molecule has 1 aromatic carbocycles. The lowest BCUT2D eigenvalue weighted by Gasteiger charge is -2.16. The highest BCUT2D eigenvalue weighted by atomic mass is 16.1. The van der Waals surface area contributed by atoms with Gasteiger partial charge in [-0.2, -0.15) is 5.10 Å². The van der Waals surface area contributed by atoms with Gasteiger partial charge in [-0.15, -0.1) is 0 Å². The van der Waals surface area contributed by atoms with Crippen LogP contribution >= 0.6 is 0 Å². The molecule has 0 bridgehead atoms. The average Bonchev–Trinajstić information content (AvgIpc) is 3.06. The molecule has 118 valence electrons. The first-order chi connectivity index (χ1) is 10.7. The van der Waals surface area contributed by atoms with Crippen LogP contribution in [0.3, 0.4) is 0 Å². The lowest BCUT2D eigenvalue weighted by Crippen LogP contribution is -2.40. The van der Waals surface area contributed by atoms with Crippen LogP contribution in [0.5, 0.6) is 0 Å². The van der Waals surface area contributed by atoms with Gasteiger partial charge in [0.05, 0.1) is 12.1 Å². The third kappa shape index (κ3) is 4.70. The van der Waals surface area contributed by atoms with Gasteiger partial charge in [-0.1, -0.05) is 31.9 Å². The fourth-order valence-corrected chi connectivity index (χ4v) is 2.35. The molecular formula is C17H24N4O. The van der Waals surface area contributed by atoms with E-state index in [-0.39, 0.29) is 11.9 Å². The summed E-state index contributed by atoms with van der Waals surface area (Å²) < 4.78 is 1.79. The Morgan fingerprint density at radius 1 is 1.36 bits per heavy atom. The number of aromatic nitrogens is 2. The van der Waals surface area contributed by atoms with Gasteiger partial charge in [-0.05, 0) is 30.2 Å². The molecule has 0 aliphatic rings. The minimum atomic E-state index is 0.0263. The van der Waals surface area contributed by atoms with Gasteiger partial charge in [0, 0.05) is 25.0 Å². The molecule has 0 aliphatic carbocycles. The van der Waals surface area contributed by atoms with Gasteiger partial charge in [-0.25, -0.2) is 4.68 Å². The summed E-state index contributed by atoms with van der Waals surface area (Å²) in [6, 6.07) is 9.81. The predicted molar refractivity (Wildman–Crippen MR) is 87.8 cm³/mol. The monoisotopic (exact) mass is 300 g/mol. The fraction of sp³-hybridized carbons (Fsp3) is 0.412. The smallest absolute Gasteiger partial charge is 0.224 e. The summed E-state index contributed by atoms with van der Waals surface area (Å²) in [6.07, 6.45) is 7.15. The lowest BCUT2D eigenvalue weighted by molar-refractivity contribution is -0.121. The Balaban J connectivity index is 1.88. The van der Waals surface area contributed by atoms with Crippen LogP contribution in [0.15, 0.2) is 42.7 Å². The van der Waals surface area contributed by atoms with E-state index in [2.05, 4.69) is 17.3 Å². The van der Waals surface area contributed by atoms with Crippen molar-refractivity contribution in [3.63, 3.8) is 0 Å². The second-order valence-corrected chi connectivity index (χ2v) is 5.44. The summed E-state index contributed by atoms with van der Waals surface area (Å²) in [5.41, 5.74) is 7.67. The quantitative estimate of drug-likeness (QED) is 0.783. The van der Waals surface area contributed by atoms with Crippen LogP contribution in [0.1, 0.15) is 31.7 Å². The maximum absolute atomic E-state index is 12.1. The third-order valence-corrected chi connectivity index (χ3v) is 3.63. The normalized spacial score (nSPS) is 12.1. The average molecular weight is 300 g/mol. The zero-order valence-electron chi connectivity index (χ0n) is 13.0. The van der Waals surface area contributed by atoms with Crippen LogP contribution in [0.2, 0.25) is 0 Å². The first-order valence-corrected chi connectivity index (χ1v) is 7.81. The summed E-state index contributed by atoms with van der Waals surface area (Å²) in [4.78, 5) is 12.1. The number of rotatable bonds is 8. The number of unbranched alkanes of at least 4 members (excludes halogenated alkanes) is 1. The minimum Gasteiger partial charge on any atom is -0.352 e. The van der Waals surface area contributed by atoms with E-state index in [0.29, 0.717) is 13.0 Å². The Hall–Kier alpha value is -2.14. The number of nitrogens with one attached hydrogen (secondary N) is 1. The molecule has 1 heterocycles. The SMILES string of the molecule is CCCCC(CN)NC(=O)Cc1ccc(-n2cccn2)cc1. The maximum Gasteiger partial charge on any atom is 0.224 e. The van der Waals surface area contributed by atoms with E-state index in [0.717, 1.165) is 30.5 Å². The molecule has 0 aliphatic heterocycles. The zero-order chi connectivity index (χ0) is 15.8. The first-order valence-electron chi connectivity index (χ1n) is 7.81. The highest BCUT2D eigenvalue weighted by Gasteiger charge is 2.10. The van der Waals surface area contributed by atoms with E-state index in [1.165, 1.54) is 0 Å². The van der Waals surface area contributed by atoms with E-state index in [4.69, 9.17) is 5.73 Å². The first kappa shape index (κ1) is 16.2. The van der Waals surface area contributed by atoms with E-state index in [9.17, 15) is 4.79 Å². The van der Waals surface area contributed by atoms with Crippen LogP contribution in [0, 0.1) is 0 Å². The van der Waals surface area contributed by atoms with Gasteiger partial charge in [0.25, 0.3) is 0 Å². The Morgan fingerprint density at radius 2 is 2.14 bits per heavy atom. The number of hydrogen-bond acceptors (Lipinski definition) is 3. The number of benzene rings is 1. The van der Waals surface area contributed by atoms with Gasteiger partial charge in [0.2, 0.25) is 5.91 Å². The van der Waals surface area contributed by atoms with Crippen molar-refractivity contribution in [2.75, 3.05) is 6.54 Å². The predicted octanol–water partition coefficient (Wildman–Crippen LogP) is 2.05. The van der Waals surface area contributed by atoms with Crippen molar-refractivity contribution in [2.45, 2.75) is 38.6 Å². The number of hydrogen-bond donors (Lipinski definition) is 2. The Labute approximate surface area is 131 Å². The Bertz CT molecular complexity index is 563. The molecule has 22 heavy (non-hydrogen) atoms. The van der Waals surface area contributed by atoms with Crippen molar-refractivity contribution >= 4 is 5.91 Å². The lowest BCUT2D eigenvalue weighted by atomic mass is 10.1. The number of amides is 1. The van der Waals surface area contributed by atoms with Crippen LogP contribution in [-0.2, 0) is 11.2 Å². The summed E-state index contributed by atoms with van der Waals surface area (Å²) in [6.45, 7) is 2.63. The van der Waals surface area contributed by atoms with E-state index in [1.54, 1.807) is 10.9 Å². The van der Waals surface area contributed by atoms with Crippen LogP contribution in [0.4, 0.5) is 0 Å². The highest BCUT2D eigenvalue weighted by Crippen LogP contribution is 2.09. The van der Waals surface area contributed by atoms with Crippen molar-refractivity contribution < 1.29 is 4.79 Å². The molecule has 1 unspecified atom stereocenters. The molecule has 0 saturated carbocycles. The molecule has 2 aromatic rings. The van der Waals surface area contributed by atoms with Gasteiger partial charge in [-0.3, -0.25) is 4.79 Å². The van der Waals surface area contributed by atoms with E-state index < -0.39 is 0 Å². The molecule has 5 heteroatoms. The molecule has 0 spiro atoms. The van der Waals surface area contributed by atoms with Crippen LogP contribution < -0.4 is 11.1 Å². The second-order valence-electron chi connectivity index (χ2n) is 5.44. The zero-order valence-corrected chi connectivity index (χ0v) is 13.0. The molecular weight excluding hydrogens is 276 g/mol. The number of nitrogens with zero attached hydrogens (tertiary/aromatic N) is 2. The van der Waals surface area contributed by atoms with Crippen molar-refractivity contribution in [1.82, 2.24) is 15.1 Å². The number of carbonyl (C=O) groups excluding carboxylic acids is 1. The molecule has 5 nitrogen and oxygen atoms in total. The molecule has 1 aromatic heterocycles. The molecule has 0 radical (unpaired) electrons. The van der Waals surface area contributed by atoms with Crippen LogP contribution in [0.25, 0.3) is 5.69 Å². The summed E-state index contributed by atoms with van der Waals surface area (Å²) in [7, 11) is 0. The van der Waals surface area contributed by atoms with Gasteiger partial charge in [0.15, 0.2) is 0 Å². The van der Waals surface area contributed by atoms with Crippen molar-refractivity contribution in [3.05, 3.63) is 48.3 Å². The molecule has 1 amide bonds. The summed E-state index contributed by atoms with van der Waals surface area (Å²) in [5, 5.41) is 7.19. The topological polar surface area (TPSA) is 72.9 Å². The fourth-order valence-electron chi connectivity index (χ4n) is 2.35. The maximum atomic E-state index is 12.1. The van der Waals surface area contributed by atoms with Crippen molar-refractivity contribution in [2.24, 2.45) is 5.73 Å². The molecule has 0 fully saturated rings. The summed E-state index contributed by atoms with van der Waals surface area (Å²) in [5.74, 6) is 0.0263. The van der Waals surface area contributed by atoms with Crippen molar-refractivity contribution in [1.29, 1.82) is 0 Å².